The highest BCUT2D eigenvalue weighted by molar-refractivity contribution is 5.90. The van der Waals surface area contributed by atoms with E-state index in [0.717, 1.165) is 5.75 Å². The van der Waals surface area contributed by atoms with Gasteiger partial charge in [0.05, 0.1) is 0 Å². The van der Waals surface area contributed by atoms with Crippen molar-refractivity contribution in [2.24, 2.45) is 0 Å². The Morgan fingerprint density at radius 2 is 1.55 bits per heavy atom. The summed E-state index contributed by atoms with van der Waals surface area (Å²) in [4.78, 5) is 0. The number of hydrogen-bond donors (Lipinski definition) is 0. The van der Waals surface area contributed by atoms with Gasteiger partial charge in [-0.15, -0.1) is 0 Å². The van der Waals surface area contributed by atoms with Crippen molar-refractivity contribution in [1.82, 2.24) is 0 Å². The lowest BCUT2D eigenvalue weighted by Gasteiger charge is -2.15. The van der Waals surface area contributed by atoms with Gasteiger partial charge in [0, 0.05) is 16.9 Å². The first-order chi connectivity index (χ1) is 9.84. The van der Waals surface area contributed by atoms with E-state index in [1.54, 1.807) is 0 Å². The van der Waals surface area contributed by atoms with Crippen LogP contribution in [0.1, 0.15) is 30.1 Å². The minimum atomic E-state index is 0.122. The van der Waals surface area contributed by atoms with Crippen molar-refractivity contribution < 1.29 is 4.74 Å². The van der Waals surface area contributed by atoms with Gasteiger partial charge in [0.15, 0.2) is 0 Å². The summed E-state index contributed by atoms with van der Waals surface area (Å²) in [5, 5.41) is 2.46. The molecule has 3 aromatic carbocycles. The SMILES string of the molecule is C[C@@H]1c2ccc3ccccc3c2O[C@@H]1c1ccccc1. The van der Waals surface area contributed by atoms with Gasteiger partial charge in [-0.3, -0.25) is 0 Å². The van der Waals surface area contributed by atoms with E-state index >= 15 is 0 Å². The van der Waals surface area contributed by atoms with Crippen molar-refractivity contribution in [1.29, 1.82) is 0 Å². The van der Waals surface area contributed by atoms with Crippen molar-refractivity contribution >= 4 is 10.8 Å². The van der Waals surface area contributed by atoms with Gasteiger partial charge in [0.25, 0.3) is 0 Å². The normalized spacial score (nSPS) is 20.6. The maximum absolute atomic E-state index is 6.32. The van der Waals surface area contributed by atoms with Gasteiger partial charge in [-0.05, 0) is 10.9 Å². The molecule has 0 saturated heterocycles. The summed E-state index contributed by atoms with van der Waals surface area (Å²) >= 11 is 0. The van der Waals surface area contributed by atoms with E-state index in [0.29, 0.717) is 5.92 Å². The van der Waals surface area contributed by atoms with Gasteiger partial charge in [-0.2, -0.15) is 0 Å². The Morgan fingerprint density at radius 3 is 2.40 bits per heavy atom. The Balaban J connectivity index is 1.86. The number of rotatable bonds is 1. The molecule has 2 atom stereocenters. The van der Waals surface area contributed by atoms with E-state index in [4.69, 9.17) is 4.74 Å². The molecule has 1 nitrogen and oxygen atoms in total. The Labute approximate surface area is 118 Å². The summed E-state index contributed by atoms with van der Waals surface area (Å²) in [7, 11) is 0. The summed E-state index contributed by atoms with van der Waals surface area (Å²) in [6.45, 7) is 2.25. The van der Waals surface area contributed by atoms with Gasteiger partial charge in [0.1, 0.15) is 11.9 Å². The van der Waals surface area contributed by atoms with Crippen molar-refractivity contribution in [3.05, 3.63) is 77.9 Å². The van der Waals surface area contributed by atoms with Crippen LogP contribution in [0.3, 0.4) is 0 Å². The van der Waals surface area contributed by atoms with Crippen LogP contribution < -0.4 is 4.74 Å². The maximum atomic E-state index is 6.32. The minimum absolute atomic E-state index is 0.122. The topological polar surface area (TPSA) is 9.23 Å². The zero-order chi connectivity index (χ0) is 13.5. The second-order valence-corrected chi connectivity index (χ2v) is 5.44. The monoisotopic (exact) mass is 260 g/mol. The molecule has 20 heavy (non-hydrogen) atoms. The molecule has 0 unspecified atom stereocenters. The molecular formula is C19H16O. The van der Waals surface area contributed by atoms with Crippen LogP contribution in [0.15, 0.2) is 66.7 Å². The predicted molar refractivity (Wildman–Crippen MR) is 82.2 cm³/mol. The summed E-state index contributed by atoms with van der Waals surface area (Å²) in [5.41, 5.74) is 2.57. The van der Waals surface area contributed by atoms with E-state index in [9.17, 15) is 0 Å². The number of fused-ring (bicyclic) bond motifs is 3. The predicted octanol–water partition coefficient (Wildman–Crippen LogP) is 5.08. The summed E-state index contributed by atoms with van der Waals surface area (Å²) in [6.07, 6.45) is 0.122. The van der Waals surface area contributed by atoms with Crippen molar-refractivity contribution in [3.63, 3.8) is 0 Å². The van der Waals surface area contributed by atoms with Crippen molar-refractivity contribution in [3.8, 4) is 5.75 Å². The third-order valence-corrected chi connectivity index (χ3v) is 4.23. The first-order valence-electron chi connectivity index (χ1n) is 7.08. The van der Waals surface area contributed by atoms with E-state index in [1.165, 1.54) is 21.9 Å². The summed E-state index contributed by atoms with van der Waals surface area (Å²) < 4.78 is 6.32. The Hall–Kier alpha value is -2.28. The second-order valence-electron chi connectivity index (χ2n) is 5.44. The molecule has 1 heteroatoms. The molecule has 0 aromatic heterocycles. The van der Waals surface area contributed by atoms with Crippen LogP contribution in [0.5, 0.6) is 5.75 Å². The van der Waals surface area contributed by atoms with Crippen LogP contribution in [-0.2, 0) is 0 Å². The third-order valence-electron chi connectivity index (χ3n) is 4.23. The van der Waals surface area contributed by atoms with E-state index < -0.39 is 0 Å². The van der Waals surface area contributed by atoms with Crippen molar-refractivity contribution in [2.45, 2.75) is 18.9 Å². The molecule has 0 bridgehead atoms. The van der Waals surface area contributed by atoms with Crippen LogP contribution in [0.25, 0.3) is 10.8 Å². The van der Waals surface area contributed by atoms with Gasteiger partial charge < -0.3 is 4.74 Å². The van der Waals surface area contributed by atoms with Crippen LogP contribution in [0.4, 0.5) is 0 Å². The molecular weight excluding hydrogens is 244 g/mol. The van der Waals surface area contributed by atoms with Gasteiger partial charge in [-0.1, -0.05) is 73.7 Å². The first kappa shape index (κ1) is 11.5. The number of hydrogen-bond acceptors (Lipinski definition) is 1. The Morgan fingerprint density at radius 1 is 0.800 bits per heavy atom. The average Bonchev–Trinajstić information content (AvgIpc) is 2.86. The van der Waals surface area contributed by atoms with Crippen LogP contribution in [0, 0.1) is 0 Å². The molecule has 0 spiro atoms. The molecule has 0 radical (unpaired) electrons. The average molecular weight is 260 g/mol. The number of benzene rings is 3. The highest BCUT2D eigenvalue weighted by Gasteiger charge is 2.33. The highest BCUT2D eigenvalue weighted by Crippen LogP contribution is 2.48. The molecule has 0 amide bonds. The molecule has 98 valence electrons. The fourth-order valence-corrected chi connectivity index (χ4v) is 3.14. The maximum Gasteiger partial charge on any atom is 0.131 e. The van der Waals surface area contributed by atoms with Crippen molar-refractivity contribution in [2.75, 3.05) is 0 Å². The molecule has 1 aliphatic heterocycles. The largest absolute Gasteiger partial charge is 0.484 e. The lowest BCUT2D eigenvalue weighted by atomic mass is 9.92. The molecule has 0 aliphatic carbocycles. The van der Waals surface area contributed by atoms with Gasteiger partial charge in [0.2, 0.25) is 0 Å². The van der Waals surface area contributed by atoms with Crippen LogP contribution in [-0.4, -0.2) is 0 Å². The van der Waals surface area contributed by atoms with Gasteiger partial charge in [-0.25, -0.2) is 0 Å². The molecule has 1 heterocycles. The zero-order valence-corrected chi connectivity index (χ0v) is 11.4. The van der Waals surface area contributed by atoms with E-state index in [2.05, 4.69) is 67.6 Å². The lowest BCUT2D eigenvalue weighted by Crippen LogP contribution is -2.06. The fraction of sp³-hybridized carbons (Fsp3) is 0.158. The van der Waals surface area contributed by atoms with Crippen LogP contribution >= 0.6 is 0 Å². The lowest BCUT2D eigenvalue weighted by molar-refractivity contribution is 0.218. The second kappa shape index (κ2) is 4.38. The third kappa shape index (κ3) is 1.63. The fourth-order valence-electron chi connectivity index (χ4n) is 3.14. The smallest absolute Gasteiger partial charge is 0.131 e. The van der Waals surface area contributed by atoms with E-state index in [-0.39, 0.29) is 6.10 Å². The first-order valence-corrected chi connectivity index (χ1v) is 7.08. The van der Waals surface area contributed by atoms with Crippen LogP contribution in [0.2, 0.25) is 0 Å². The molecule has 0 fully saturated rings. The highest BCUT2D eigenvalue weighted by atomic mass is 16.5. The molecule has 0 saturated carbocycles. The summed E-state index contributed by atoms with van der Waals surface area (Å²) in [6, 6.07) is 23.3. The molecule has 1 aliphatic rings. The molecule has 4 rings (SSSR count). The zero-order valence-electron chi connectivity index (χ0n) is 11.4. The quantitative estimate of drug-likeness (QED) is 0.593. The minimum Gasteiger partial charge on any atom is -0.484 e. The molecule has 3 aromatic rings. The van der Waals surface area contributed by atoms with Gasteiger partial charge >= 0.3 is 0 Å². The Bertz CT molecular complexity index is 761. The van der Waals surface area contributed by atoms with E-state index in [1.807, 2.05) is 6.07 Å². The standard InChI is InChI=1S/C19H16O/c1-13-16-12-11-14-7-5-6-10-17(14)19(16)20-18(13)15-8-3-2-4-9-15/h2-13,18H,1H3/t13-,18+/m1/s1. The Kier molecular flexibility index (Phi) is 2.53. The number of ether oxygens (including phenoxy) is 1. The summed E-state index contributed by atoms with van der Waals surface area (Å²) in [5.74, 6) is 1.45. The molecule has 0 N–H and O–H groups in total.